The lowest BCUT2D eigenvalue weighted by atomic mass is 9.96. The summed E-state index contributed by atoms with van der Waals surface area (Å²) in [4.78, 5) is 25.7. The number of hydrogen-bond acceptors (Lipinski definition) is 4. The Balaban J connectivity index is 1.72. The number of rotatable bonds is 2. The number of carbonyl (C=O) groups excluding carboxylic acids is 1. The molecule has 0 bridgehead atoms. The number of halogens is 1. The Morgan fingerprint density at radius 1 is 1.12 bits per heavy atom. The van der Waals surface area contributed by atoms with Crippen LogP contribution in [0.1, 0.15) is 43.4 Å². The van der Waals surface area contributed by atoms with Gasteiger partial charge in [0.05, 0.1) is 0 Å². The molecule has 6 heteroatoms. The second-order valence-corrected chi connectivity index (χ2v) is 7.63. The molecule has 0 spiro atoms. The normalized spacial score (nSPS) is 15.7. The molecule has 3 rings (SSSR count). The van der Waals surface area contributed by atoms with Crippen LogP contribution in [0.15, 0.2) is 36.5 Å². The molecule has 138 valence electrons. The second kappa shape index (κ2) is 7.40. The predicted octanol–water partition coefficient (Wildman–Crippen LogP) is 3.27. The molecule has 0 aliphatic carbocycles. The molecule has 0 N–H and O–H groups in total. The summed E-state index contributed by atoms with van der Waals surface area (Å²) >= 11 is 0. The van der Waals surface area contributed by atoms with Gasteiger partial charge in [-0.2, -0.15) is 0 Å². The topological polar surface area (TPSA) is 49.3 Å². The Hall–Kier alpha value is -2.50. The van der Waals surface area contributed by atoms with E-state index < -0.39 is 0 Å². The highest BCUT2D eigenvalue weighted by molar-refractivity contribution is 5.94. The van der Waals surface area contributed by atoms with Gasteiger partial charge in [-0.1, -0.05) is 26.8 Å². The Morgan fingerprint density at radius 2 is 1.92 bits per heavy atom. The maximum absolute atomic E-state index is 13.4. The molecule has 2 aromatic rings. The molecule has 0 atom stereocenters. The van der Waals surface area contributed by atoms with Gasteiger partial charge in [-0.25, -0.2) is 14.4 Å². The Morgan fingerprint density at radius 3 is 2.65 bits per heavy atom. The van der Waals surface area contributed by atoms with Crippen molar-refractivity contribution in [2.75, 3.05) is 31.1 Å². The molecule has 1 aromatic carbocycles. The van der Waals surface area contributed by atoms with Gasteiger partial charge in [0.15, 0.2) is 0 Å². The predicted molar refractivity (Wildman–Crippen MR) is 99.9 cm³/mol. The number of aromatic nitrogens is 2. The maximum atomic E-state index is 13.4. The molecule has 1 saturated heterocycles. The van der Waals surface area contributed by atoms with E-state index in [0.717, 1.165) is 24.6 Å². The van der Waals surface area contributed by atoms with Crippen LogP contribution >= 0.6 is 0 Å². The van der Waals surface area contributed by atoms with E-state index in [4.69, 9.17) is 4.98 Å². The third kappa shape index (κ3) is 4.18. The van der Waals surface area contributed by atoms with Crippen molar-refractivity contribution < 1.29 is 9.18 Å². The highest BCUT2D eigenvalue weighted by Crippen LogP contribution is 2.21. The first-order chi connectivity index (χ1) is 12.3. The molecule has 2 heterocycles. The van der Waals surface area contributed by atoms with Crippen LogP contribution in [0.3, 0.4) is 0 Å². The van der Waals surface area contributed by atoms with Crippen LogP contribution < -0.4 is 4.90 Å². The molecule has 1 amide bonds. The van der Waals surface area contributed by atoms with Crippen LogP contribution in [-0.4, -0.2) is 47.0 Å². The summed E-state index contributed by atoms with van der Waals surface area (Å²) in [7, 11) is 0. The lowest BCUT2D eigenvalue weighted by molar-refractivity contribution is 0.0766. The number of anilines is 1. The van der Waals surface area contributed by atoms with Crippen molar-refractivity contribution in [3.8, 4) is 0 Å². The van der Waals surface area contributed by atoms with E-state index in [2.05, 4.69) is 30.7 Å². The van der Waals surface area contributed by atoms with Crippen molar-refractivity contribution in [2.24, 2.45) is 0 Å². The van der Waals surface area contributed by atoms with E-state index in [0.29, 0.717) is 25.2 Å². The lowest BCUT2D eigenvalue weighted by Gasteiger charge is -2.24. The minimum atomic E-state index is -0.386. The average Bonchev–Trinajstić information content (AvgIpc) is 2.87. The summed E-state index contributed by atoms with van der Waals surface area (Å²) in [6, 6.07) is 7.79. The fourth-order valence-corrected chi connectivity index (χ4v) is 3.04. The van der Waals surface area contributed by atoms with Gasteiger partial charge < -0.3 is 9.80 Å². The SMILES string of the molecule is CC(C)(C)c1nccc(N2CCCN(C(=O)c3cccc(F)c3)CC2)n1. The number of benzene rings is 1. The minimum Gasteiger partial charge on any atom is -0.355 e. The van der Waals surface area contributed by atoms with Crippen molar-refractivity contribution >= 4 is 11.7 Å². The van der Waals surface area contributed by atoms with Crippen molar-refractivity contribution in [1.82, 2.24) is 14.9 Å². The standard InChI is InChI=1S/C20H25FN4O/c1-20(2,3)19-22-9-8-17(23-19)24-10-5-11-25(13-12-24)18(26)15-6-4-7-16(21)14-15/h4,6-9,14H,5,10-13H2,1-3H3. The zero-order valence-corrected chi connectivity index (χ0v) is 15.6. The van der Waals surface area contributed by atoms with Crippen LogP contribution in [0, 0.1) is 5.82 Å². The fraction of sp³-hybridized carbons (Fsp3) is 0.450. The molecule has 1 aliphatic heterocycles. The van der Waals surface area contributed by atoms with E-state index in [9.17, 15) is 9.18 Å². The summed E-state index contributed by atoms with van der Waals surface area (Å²) in [5.74, 6) is 1.20. The van der Waals surface area contributed by atoms with Crippen molar-refractivity contribution in [2.45, 2.75) is 32.6 Å². The van der Waals surface area contributed by atoms with Gasteiger partial charge in [-0.05, 0) is 30.7 Å². The Kier molecular flexibility index (Phi) is 5.20. The van der Waals surface area contributed by atoms with E-state index >= 15 is 0 Å². The number of carbonyl (C=O) groups is 1. The number of nitrogens with zero attached hydrogens (tertiary/aromatic N) is 4. The Labute approximate surface area is 153 Å². The fourth-order valence-electron chi connectivity index (χ4n) is 3.04. The third-order valence-corrected chi connectivity index (χ3v) is 4.49. The van der Waals surface area contributed by atoms with Gasteiger partial charge >= 0.3 is 0 Å². The molecule has 1 fully saturated rings. The summed E-state index contributed by atoms with van der Waals surface area (Å²) < 4.78 is 13.4. The summed E-state index contributed by atoms with van der Waals surface area (Å²) in [5, 5.41) is 0. The van der Waals surface area contributed by atoms with E-state index in [1.54, 1.807) is 23.2 Å². The van der Waals surface area contributed by atoms with E-state index in [1.165, 1.54) is 12.1 Å². The molecule has 26 heavy (non-hydrogen) atoms. The molecule has 1 aliphatic rings. The maximum Gasteiger partial charge on any atom is 0.254 e. The summed E-state index contributed by atoms with van der Waals surface area (Å²) in [6.07, 6.45) is 2.64. The molecule has 5 nitrogen and oxygen atoms in total. The minimum absolute atomic E-state index is 0.110. The van der Waals surface area contributed by atoms with Gasteiger partial charge in [-0.15, -0.1) is 0 Å². The third-order valence-electron chi connectivity index (χ3n) is 4.49. The van der Waals surface area contributed by atoms with Crippen LogP contribution in [0.5, 0.6) is 0 Å². The molecule has 0 saturated carbocycles. The van der Waals surface area contributed by atoms with E-state index in [-0.39, 0.29) is 17.1 Å². The van der Waals surface area contributed by atoms with Crippen LogP contribution in [0.2, 0.25) is 0 Å². The number of amides is 1. The van der Waals surface area contributed by atoms with Crippen molar-refractivity contribution in [3.63, 3.8) is 0 Å². The zero-order chi connectivity index (χ0) is 18.7. The highest BCUT2D eigenvalue weighted by Gasteiger charge is 2.23. The molecule has 0 unspecified atom stereocenters. The lowest BCUT2D eigenvalue weighted by Crippen LogP contribution is -2.35. The first-order valence-corrected chi connectivity index (χ1v) is 8.98. The molecular weight excluding hydrogens is 331 g/mol. The first kappa shape index (κ1) is 18.3. The highest BCUT2D eigenvalue weighted by atomic mass is 19.1. The van der Waals surface area contributed by atoms with Gasteiger partial charge in [0.2, 0.25) is 0 Å². The smallest absolute Gasteiger partial charge is 0.254 e. The van der Waals surface area contributed by atoms with E-state index in [1.807, 2.05) is 6.07 Å². The summed E-state index contributed by atoms with van der Waals surface area (Å²) in [6.45, 7) is 9.04. The number of hydrogen-bond donors (Lipinski definition) is 0. The Bertz CT molecular complexity index is 787. The molecule has 0 radical (unpaired) electrons. The van der Waals surface area contributed by atoms with Gasteiger partial charge in [0.1, 0.15) is 17.5 Å². The van der Waals surface area contributed by atoms with Crippen LogP contribution in [-0.2, 0) is 5.41 Å². The summed E-state index contributed by atoms with van der Waals surface area (Å²) in [5.41, 5.74) is 0.289. The zero-order valence-electron chi connectivity index (χ0n) is 15.6. The molecular formula is C20H25FN4O. The second-order valence-electron chi connectivity index (χ2n) is 7.63. The largest absolute Gasteiger partial charge is 0.355 e. The monoisotopic (exact) mass is 356 g/mol. The van der Waals surface area contributed by atoms with Crippen LogP contribution in [0.25, 0.3) is 0 Å². The van der Waals surface area contributed by atoms with Crippen molar-refractivity contribution in [3.05, 3.63) is 53.7 Å². The molecule has 1 aromatic heterocycles. The van der Waals surface area contributed by atoms with Gasteiger partial charge in [0.25, 0.3) is 5.91 Å². The van der Waals surface area contributed by atoms with Crippen molar-refractivity contribution in [1.29, 1.82) is 0 Å². The first-order valence-electron chi connectivity index (χ1n) is 8.98. The van der Waals surface area contributed by atoms with Gasteiger partial charge in [0, 0.05) is 43.4 Å². The van der Waals surface area contributed by atoms with Gasteiger partial charge in [-0.3, -0.25) is 4.79 Å². The average molecular weight is 356 g/mol. The quantitative estimate of drug-likeness (QED) is 0.829. The van der Waals surface area contributed by atoms with Crippen LogP contribution in [0.4, 0.5) is 10.2 Å².